The average molecular weight is 260 g/mol. The number of aromatic nitrogens is 1. The second kappa shape index (κ2) is 6.25. The number of hydrogen-bond acceptors (Lipinski definition) is 4. The minimum absolute atomic E-state index is 0.0609. The van der Waals surface area contributed by atoms with E-state index in [2.05, 4.69) is 9.72 Å². The van der Waals surface area contributed by atoms with Crippen molar-refractivity contribution in [2.24, 2.45) is 5.73 Å². The molecule has 0 saturated carbocycles. The molecule has 0 radical (unpaired) electrons. The van der Waals surface area contributed by atoms with Gasteiger partial charge in [0.2, 0.25) is 0 Å². The fourth-order valence-corrected chi connectivity index (χ4v) is 1.51. The molecule has 100 valence electrons. The fraction of sp³-hybridized carbons (Fsp3) is 0.455. The maximum atomic E-state index is 12.8. The largest absolute Gasteiger partial charge is 0.466 e. The van der Waals surface area contributed by atoms with Crippen LogP contribution in [0.4, 0.5) is 8.78 Å². The molecule has 0 aliphatic rings. The number of alkyl halides is 2. The van der Waals surface area contributed by atoms with Gasteiger partial charge < -0.3 is 15.5 Å². The van der Waals surface area contributed by atoms with Crippen molar-refractivity contribution in [2.75, 3.05) is 6.61 Å². The number of nitrogens with one attached hydrogen (secondary N) is 1. The van der Waals surface area contributed by atoms with Gasteiger partial charge in [0.05, 0.1) is 13.0 Å². The minimum Gasteiger partial charge on any atom is -0.466 e. The molecular formula is C11H14F2N2O3. The van der Waals surface area contributed by atoms with Crippen LogP contribution in [0.5, 0.6) is 0 Å². The predicted molar refractivity (Wildman–Crippen MR) is 60.2 cm³/mol. The highest BCUT2D eigenvalue weighted by atomic mass is 19.3. The Labute approximate surface area is 102 Å². The molecule has 0 aromatic carbocycles. The molecule has 5 nitrogen and oxygen atoms in total. The molecule has 0 unspecified atom stereocenters. The van der Waals surface area contributed by atoms with Gasteiger partial charge in [0.25, 0.3) is 12.0 Å². The lowest BCUT2D eigenvalue weighted by molar-refractivity contribution is -0.142. The van der Waals surface area contributed by atoms with Gasteiger partial charge in [-0.25, -0.2) is 8.78 Å². The van der Waals surface area contributed by atoms with E-state index in [1.807, 2.05) is 0 Å². The summed E-state index contributed by atoms with van der Waals surface area (Å²) in [6.07, 6.45) is -3.32. The number of rotatable bonds is 5. The van der Waals surface area contributed by atoms with Crippen molar-refractivity contribution in [3.8, 4) is 0 Å². The Morgan fingerprint density at radius 3 is 2.72 bits per heavy atom. The number of ether oxygens (including phenoxy) is 1. The average Bonchev–Trinajstić information content (AvgIpc) is 2.31. The van der Waals surface area contributed by atoms with Gasteiger partial charge in [0.15, 0.2) is 0 Å². The molecule has 7 heteroatoms. The number of nitrogens with two attached hydrogens (primary N) is 1. The second-order valence-electron chi connectivity index (χ2n) is 3.54. The Balaban J connectivity index is 3.16. The van der Waals surface area contributed by atoms with Crippen molar-refractivity contribution in [1.29, 1.82) is 0 Å². The van der Waals surface area contributed by atoms with Crippen LogP contribution in [0.1, 0.15) is 30.2 Å². The number of carbonyl (C=O) groups excluding carboxylic acids is 1. The summed E-state index contributed by atoms with van der Waals surface area (Å²) in [7, 11) is 0. The van der Waals surface area contributed by atoms with E-state index in [0.29, 0.717) is 0 Å². The third kappa shape index (κ3) is 3.36. The lowest BCUT2D eigenvalue weighted by atomic mass is 10.1. The first kappa shape index (κ1) is 14.3. The molecule has 18 heavy (non-hydrogen) atoms. The first-order valence-electron chi connectivity index (χ1n) is 5.38. The van der Waals surface area contributed by atoms with E-state index in [-0.39, 0.29) is 24.4 Å². The smallest absolute Gasteiger partial charge is 0.310 e. The molecule has 0 fully saturated rings. The van der Waals surface area contributed by atoms with Crippen molar-refractivity contribution >= 4 is 5.97 Å². The fourth-order valence-electron chi connectivity index (χ4n) is 1.51. The SMILES string of the molecule is CCOC(=O)Cc1c(C(F)F)cc(CN)[nH]c1=O. The summed E-state index contributed by atoms with van der Waals surface area (Å²) < 4.78 is 30.3. The molecule has 1 rings (SSSR count). The van der Waals surface area contributed by atoms with Crippen molar-refractivity contribution in [3.63, 3.8) is 0 Å². The topological polar surface area (TPSA) is 85.2 Å². The first-order chi connectivity index (χ1) is 8.49. The quantitative estimate of drug-likeness (QED) is 0.769. The number of H-pyrrole nitrogens is 1. The summed E-state index contributed by atoms with van der Waals surface area (Å²) in [6, 6.07) is 1.10. The van der Waals surface area contributed by atoms with Crippen LogP contribution in [-0.2, 0) is 22.5 Å². The molecule has 0 amide bonds. The Bertz CT molecular complexity index is 486. The summed E-state index contributed by atoms with van der Waals surface area (Å²) in [6.45, 7) is 1.66. The monoisotopic (exact) mass is 260 g/mol. The van der Waals surface area contributed by atoms with Crippen molar-refractivity contribution < 1.29 is 18.3 Å². The third-order valence-electron chi connectivity index (χ3n) is 2.31. The summed E-state index contributed by atoms with van der Waals surface area (Å²) >= 11 is 0. The maximum Gasteiger partial charge on any atom is 0.310 e. The van der Waals surface area contributed by atoms with Crippen LogP contribution >= 0.6 is 0 Å². The lowest BCUT2D eigenvalue weighted by Gasteiger charge is -2.09. The molecule has 0 aliphatic carbocycles. The molecule has 0 bridgehead atoms. The molecule has 0 atom stereocenters. The molecule has 1 heterocycles. The zero-order chi connectivity index (χ0) is 13.7. The third-order valence-corrected chi connectivity index (χ3v) is 2.31. The van der Waals surface area contributed by atoms with Gasteiger partial charge in [0.1, 0.15) is 0 Å². The Kier molecular flexibility index (Phi) is 4.96. The number of esters is 1. The van der Waals surface area contributed by atoms with Crippen LogP contribution in [0.25, 0.3) is 0 Å². The Morgan fingerprint density at radius 2 is 2.22 bits per heavy atom. The molecule has 1 aromatic rings. The maximum absolute atomic E-state index is 12.8. The van der Waals surface area contributed by atoms with Crippen LogP contribution in [-0.4, -0.2) is 17.6 Å². The molecule has 0 spiro atoms. The van der Waals surface area contributed by atoms with Crippen LogP contribution in [0.2, 0.25) is 0 Å². The highest BCUT2D eigenvalue weighted by molar-refractivity contribution is 5.73. The van der Waals surface area contributed by atoms with Gasteiger partial charge in [-0.2, -0.15) is 0 Å². The van der Waals surface area contributed by atoms with E-state index in [9.17, 15) is 18.4 Å². The van der Waals surface area contributed by atoms with Gasteiger partial charge in [0, 0.05) is 23.4 Å². The second-order valence-corrected chi connectivity index (χ2v) is 3.54. The van der Waals surface area contributed by atoms with E-state index in [1.165, 1.54) is 0 Å². The summed E-state index contributed by atoms with van der Waals surface area (Å²) in [5.74, 6) is -0.717. The lowest BCUT2D eigenvalue weighted by Crippen LogP contribution is -2.23. The zero-order valence-corrected chi connectivity index (χ0v) is 9.83. The highest BCUT2D eigenvalue weighted by Crippen LogP contribution is 2.21. The molecule has 0 saturated heterocycles. The van der Waals surface area contributed by atoms with Crippen molar-refractivity contribution in [2.45, 2.75) is 26.3 Å². The van der Waals surface area contributed by atoms with E-state index in [0.717, 1.165) is 6.07 Å². The number of carbonyl (C=O) groups is 1. The van der Waals surface area contributed by atoms with Gasteiger partial charge in [-0.05, 0) is 13.0 Å². The molecule has 0 aliphatic heterocycles. The van der Waals surface area contributed by atoms with E-state index < -0.39 is 29.9 Å². The van der Waals surface area contributed by atoms with Gasteiger partial charge in [-0.15, -0.1) is 0 Å². The normalized spacial score (nSPS) is 10.7. The van der Waals surface area contributed by atoms with Crippen LogP contribution in [0.3, 0.4) is 0 Å². The zero-order valence-electron chi connectivity index (χ0n) is 9.83. The standard InChI is InChI=1S/C11H14F2N2O3/c1-2-18-9(16)4-8-7(10(12)13)3-6(5-14)15-11(8)17/h3,10H,2,4-5,14H2,1H3,(H,15,17). The number of halogens is 2. The van der Waals surface area contributed by atoms with E-state index >= 15 is 0 Å². The summed E-state index contributed by atoms with van der Waals surface area (Å²) in [5.41, 5.74) is 3.99. The Hall–Kier alpha value is -1.76. The molecular weight excluding hydrogens is 246 g/mol. The van der Waals surface area contributed by atoms with Crippen molar-refractivity contribution in [1.82, 2.24) is 4.98 Å². The molecule has 1 aromatic heterocycles. The van der Waals surface area contributed by atoms with E-state index in [4.69, 9.17) is 5.73 Å². The first-order valence-corrected chi connectivity index (χ1v) is 5.38. The number of aromatic amines is 1. The summed E-state index contributed by atoms with van der Waals surface area (Å²) in [5, 5.41) is 0. The highest BCUT2D eigenvalue weighted by Gasteiger charge is 2.20. The Morgan fingerprint density at radius 1 is 1.56 bits per heavy atom. The van der Waals surface area contributed by atoms with Crippen LogP contribution in [0, 0.1) is 0 Å². The molecule has 3 N–H and O–H groups in total. The predicted octanol–water partition coefficient (Wildman–Crippen LogP) is 0.877. The van der Waals surface area contributed by atoms with E-state index in [1.54, 1.807) is 6.92 Å². The van der Waals surface area contributed by atoms with Gasteiger partial charge in [-0.3, -0.25) is 9.59 Å². The number of pyridine rings is 1. The minimum atomic E-state index is -2.85. The van der Waals surface area contributed by atoms with Crippen LogP contribution < -0.4 is 11.3 Å². The van der Waals surface area contributed by atoms with Crippen molar-refractivity contribution in [3.05, 3.63) is 33.2 Å². The number of hydrogen-bond donors (Lipinski definition) is 2. The van der Waals surface area contributed by atoms with Crippen LogP contribution in [0.15, 0.2) is 10.9 Å². The summed E-state index contributed by atoms with van der Waals surface area (Å²) in [4.78, 5) is 25.2. The van der Waals surface area contributed by atoms with Gasteiger partial charge in [-0.1, -0.05) is 0 Å². The van der Waals surface area contributed by atoms with Gasteiger partial charge >= 0.3 is 5.97 Å².